The summed E-state index contributed by atoms with van der Waals surface area (Å²) < 4.78 is 10.6. The second kappa shape index (κ2) is 12.4. The van der Waals surface area contributed by atoms with Crippen LogP contribution in [0, 0.1) is 12.8 Å². The van der Waals surface area contributed by atoms with E-state index in [2.05, 4.69) is 5.32 Å². The van der Waals surface area contributed by atoms with Crippen molar-refractivity contribution in [1.29, 1.82) is 0 Å². The number of carbonyl (C=O) groups is 3. The van der Waals surface area contributed by atoms with Crippen LogP contribution in [0.15, 0.2) is 48.5 Å². The summed E-state index contributed by atoms with van der Waals surface area (Å²) in [6, 6.07) is 14.6. The lowest BCUT2D eigenvalue weighted by molar-refractivity contribution is -0.140. The molecule has 8 nitrogen and oxygen atoms in total. The Morgan fingerprint density at radius 2 is 1.83 bits per heavy atom. The lowest BCUT2D eigenvalue weighted by Gasteiger charge is -2.42. The number of aryl methyl sites for hydroxylation is 1. The van der Waals surface area contributed by atoms with Crippen LogP contribution in [0.4, 0.5) is 5.69 Å². The van der Waals surface area contributed by atoms with Crippen LogP contribution in [0.2, 0.25) is 0 Å². The first-order valence-electron chi connectivity index (χ1n) is 11.9. The summed E-state index contributed by atoms with van der Waals surface area (Å²) in [7, 11) is 4.82. The number of nitrogens with one attached hydrogen (secondary N) is 1. The monoisotopic (exact) mass is 481 g/mol. The summed E-state index contributed by atoms with van der Waals surface area (Å²) in [6.07, 6.45) is 1.33. The number of methoxy groups -OCH3 is 2. The van der Waals surface area contributed by atoms with Crippen LogP contribution in [-0.4, -0.2) is 63.6 Å². The molecule has 3 rings (SSSR count). The highest BCUT2D eigenvalue weighted by molar-refractivity contribution is 5.98. The lowest BCUT2D eigenvalue weighted by Crippen LogP contribution is -2.50. The Labute approximate surface area is 207 Å². The van der Waals surface area contributed by atoms with Crippen molar-refractivity contribution in [2.75, 3.05) is 45.9 Å². The zero-order valence-corrected chi connectivity index (χ0v) is 21.0. The van der Waals surface area contributed by atoms with Gasteiger partial charge in [-0.25, -0.2) is 0 Å². The molecule has 0 bridgehead atoms. The summed E-state index contributed by atoms with van der Waals surface area (Å²) in [5, 5.41) is 2.82. The van der Waals surface area contributed by atoms with Crippen LogP contribution in [0.3, 0.4) is 0 Å². The van der Waals surface area contributed by atoms with Gasteiger partial charge in [-0.3, -0.25) is 14.4 Å². The summed E-state index contributed by atoms with van der Waals surface area (Å²) in [6.45, 7) is 2.97. The maximum atomic E-state index is 13.7. The molecule has 2 aromatic rings. The van der Waals surface area contributed by atoms with Gasteiger partial charge in [0.25, 0.3) is 0 Å². The Balaban J connectivity index is 1.91. The molecule has 0 saturated carbocycles. The van der Waals surface area contributed by atoms with Gasteiger partial charge in [-0.15, -0.1) is 0 Å². The van der Waals surface area contributed by atoms with Gasteiger partial charge in [0.15, 0.2) is 0 Å². The van der Waals surface area contributed by atoms with E-state index in [0.717, 1.165) is 16.8 Å². The molecule has 188 valence electrons. The largest absolute Gasteiger partial charge is 0.496 e. The van der Waals surface area contributed by atoms with E-state index in [1.54, 1.807) is 26.2 Å². The topological polar surface area (TPSA) is 88.2 Å². The molecular weight excluding hydrogens is 446 g/mol. The fraction of sp³-hybridized carbons (Fsp3) is 0.444. The van der Waals surface area contributed by atoms with Crippen molar-refractivity contribution < 1.29 is 23.9 Å². The SMILES string of the molecule is COCCCNC(=O)CN(C)C(=O)C1CCC(=O)N(c2ccc(C)cc2)C1c1ccccc1OC. The molecule has 0 aromatic heterocycles. The minimum absolute atomic E-state index is 0.0488. The number of rotatable bonds is 10. The molecule has 1 heterocycles. The van der Waals surface area contributed by atoms with Gasteiger partial charge in [0, 0.05) is 45.0 Å². The van der Waals surface area contributed by atoms with Gasteiger partial charge in [-0.2, -0.15) is 0 Å². The zero-order valence-electron chi connectivity index (χ0n) is 21.0. The average molecular weight is 482 g/mol. The highest BCUT2D eigenvalue weighted by atomic mass is 16.5. The number of piperidine rings is 1. The molecule has 3 amide bonds. The van der Waals surface area contributed by atoms with Crippen molar-refractivity contribution in [2.45, 2.75) is 32.2 Å². The van der Waals surface area contributed by atoms with Crippen LogP contribution in [0.25, 0.3) is 0 Å². The van der Waals surface area contributed by atoms with Gasteiger partial charge < -0.3 is 24.6 Å². The molecule has 1 saturated heterocycles. The van der Waals surface area contributed by atoms with Gasteiger partial charge in [-0.1, -0.05) is 35.9 Å². The van der Waals surface area contributed by atoms with Crippen LogP contribution in [-0.2, 0) is 19.1 Å². The van der Waals surface area contributed by atoms with E-state index in [9.17, 15) is 14.4 Å². The Morgan fingerprint density at radius 1 is 1.11 bits per heavy atom. The Hall–Kier alpha value is -3.39. The molecule has 35 heavy (non-hydrogen) atoms. The molecule has 0 radical (unpaired) electrons. The first-order valence-corrected chi connectivity index (χ1v) is 11.9. The Bertz CT molecular complexity index is 1020. The summed E-state index contributed by atoms with van der Waals surface area (Å²) in [5.74, 6) is -0.379. The molecule has 2 aromatic carbocycles. The number of ether oxygens (including phenoxy) is 2. The van der Waals surface area contributed by atoms with Gasteiger partial charge in [-0.05, 0) is 38.0 Å². The van der Waals surface area contributed by atoms with Crippen LogP contribution in [0.5, 0.6) is 5.75 Å². The Kier molecular flexibility index (Phi) is 9.25. The van der Waals surface area contributed by atoms with E-state index in [0.29, 0.717) is 31.7 Å². The predicted molar refractivity (Wildman–Crippen MR) is 134 cm³/mol. The summed E-state index contributed by atoms with van der Waals surface area (Å²) in [4.78, 5) is 42.5. The third-order valence-corrected chi connectivity index (χ3v) is 6.29. The lowest BCUT2D eigenvalue weighted by atomic mass is 9.82. The van der Waals surface area contributed by atoms with Crippen molar-refractivity contribution in [3.05, 3.63) is 59.7 Å². The summed E-state index contributed by atoms with van der Waals surface area (Å²) >= 11 is 0. The predicted octanol–water partition coefficient (Wildman–Crippen LogP) is 3.10. The number of benzene rings is 2. The van der Waals surface area contributed by atoms with E-state index in [1.807, 2.05) is 55.5 Å². The minimum atomic E-state index is -0.560. The number of anilines is 1. The third kappa shape index (κ3) is 6.39. The van der Waals surface area contributed by atoms with Crippen LogP contribution >= 0.6 is 0 Å². The number of amides is 3. The van der Waals surface area contributed by atoms with Crippen molar-refractivity contribution in [3.8, 4) is 5.75 Å². The fourth-order valence-electron chi connectivity index (χ4n) is 4.50. The normalized spacial score (nSPS) is 17.7. The Morgan fingerprint density at radius 3 is 2.51 bits per heavy atom. The van der Waals surface area contributed by atoms with Crippen molar-refractivity contribution in [3.63, 3.8) is 0 Å². The van der Waals surface area contributed by atoms with Crippen molar-refractivity contribution >= 4 is 23.4 Å². The van der Waals surface area contributed by atoms with E-state index < -0.39 is 12.0 Å². The minimum Gasteiger partial charge on any atom is -0.496 e. The van der Waals surface area contributed by atoms with Gasteiger partial charge in [0.2, 0.25) is 17.7 Å². The van der Waals surface area contributed by atoms with Crippen molar-refractivity contribution in [1.82, 2.24) is 10.2 Å². The van der Waals surface area contributed by atoms with E-state index in [1.165, 1.54) is 4.90 Å². The number of hydrogen-bond donors (Lipinski definition) is 1. The van der Waals surface area contributed by atoms with Gasteiger partial charge >= 0.3 is 0 Å². The molecule has 1 N–H and O–H groups in total. The third-order valence-electron chi connectivity index (χ3n) is 6.29. The number of carbonyl (C=O) groups excluding carboxylic acids is 3. The van der Waals surface area contributed by atoms with E-state index in [-0.39, 0.29) is 30.7 Å². The van der Waals surface area contributed by atoms with E-state index in [4.69, 9.17) is 9.47 Å². The maximum absolute atomic E-state index is 13.7. The maximum Gasteiger partial charge on any atom is 0.239 e. The van der Waals surface area contributed by atoms with Gasteiger partial charge in [0.05, 0.1) is 25.6 Å². The highest BCUT2D eigenvalue weighted by Gasteiger charge is 2.43. The average Bonchev–Trinajstić information content (AvgIpc) is 2.86. The van der Waals surface area contributed by atoms with E-state index >= 15 is 0 Å². The molecule has 0 spiro atoms. The molecule has 2 unspecified atom stereocenters. The number of para-hydroxylation sites is 1. The van der Waals surface area contributed by atoms with Crippen LogP contribution < -0.4 is 15.0 Å². The fourth-order valence-corrected chi connectivity index (χ4v) is 4.50. The first-order chi connectivity index (χ1) is 16.9. The first kappa shape index (κ1) is 26.2. The second-order valence-electron chi connectivity index (χ2n) is 8.82. The molecule has 1 aliphatic rings. The quantitative estimate of drug-likeness (QED) is 0.527. The smallest absolute Gasteiger partial charge is 0.239 e. The molecule has 0 aliphatic carbocycles. The molecule has 2 atom stereocenters. The molecule has 1 aliphatic heterocycles. The summed E-state index contributed by atoms with van der Waals surface area (Å²) in [5.41, 5.74) is 2.57. The number of nitrogens with zero attached hydrogens (tertiary/aromatic N) is 2. The molecule has 8 heteroatoms. The highest BCUT2D eigenvalue weighted by Crippen LogP contribution is 2.43. The zero-order chi connectivity index (χ0) is 25.4. The number of hydrogen-bond acceptors (Lipinski definition) is 5. The van der Waals surface area contributed by atoms with Gasteiger partial charge in [0.1, 0.15) is 5.75 Å². The number of likely N-dealkylation sites (N-methyl/N-ethyl adjacent to an activating group) is 1. The van der Waals surface area contributed by atoms with Crippen molar-refractivity contribution in [2.24, 2.45) is 5.92 Å². The molecular formula is C27H35N3O5. The molecule has 1 fully saturated rings. The second-order valence-corrected chi connectivity index (χ2v) is 8.82. The van der Waals surface area contributed by atoms with Crippen LogP contribution in [0.1, 0.15) is 36.4 Å². The standard InChI is InChI=1S/C27H35N3O5/c1-19-10-12-20(13-11-19)30-25(32)15-14-22(26(30)21-8-5-6-9-23(21)35-4)27(33)29(2)18-24(31)28-16-7-17-34-3/h5-6,8-13,22,26H,7,14-18H2,1-4H3,(H,28,31).